The molecule has 1 aliphatic rings. The third kappa shape index (κ3) is 6.15. The highest BCUT2D eigenvalue weighted by molar-refractivity contribution is 5.82. The predicted octanol–water partition coefficient (Wildman–Crippen LogP) is 2.43. The summed E-state index contributed by atoms with van der Waals surface area (Å²) in [7, 11) is 0. The van der Waals surface area contributed by atoms with E-state index < -0.39 is 0 Å². The van der Waals surface area contributed by atoms with Gasteiger partial charge in [0, 0.05) is 24.4 Å². The van der Waals surface area contributed by atoms with Crippen LogP contribution in [0.25, 0.3) is 0 Å². The van der Waals surface area contributed by atoms with Gasteiger partial charge in [0.2, 0.25) is 5.91 Å². The van der Waals surface area contributed by atoms with Crippen molar-refractivity contribution in [1.29, 1.82) is 0 Å². The van der Waals surface area contributed by atoms with E-state index in [4.69, 9.17) is 0 Å². The number of carbonyl (C=O) groups is 1. The van der Waals surface area contributed by atoms with Gasteiger partial charge in [-0.05, 0) is 45.2 Å². The number of hydrogen-bond donors (Lipinski definition) is 2. The lowest BCUT2D eigenvalue weighted by atomic mass is 9.80. The van der Waals surface area contributed by atoms with Crippen molar-refractivity contribution in [2.24, 2.45) is 10.4 Å². The number of hydrogen-bond acceptors (Lipinski definition) is 3. The molecule has 0 aliphatic carbocycles. The lowest BCUT2D eigenvalue weighted by Gasteiger charge is -2.32. The molecule has 1 saturated heterocycles. The van der Waals surface area contributed by atoms with Crippen LogP contribution in [0.4, 0.5) is 0 Å². The average Bonchev–Trinajstić information content (AvgIpc) is 2.46. The van der Waals surface area contributed by atoms with Gasteiger partial charge in [-0.3, -0.25) is 9.79 Å². The van der Waals surface area contributed by atoms with Gasteiger partial charge in [-0.2, -0.15) is 0 Å². The van der Waals surface area contributed by atoms with Gasteiger partial charge in [0.25, 0.3) is 0 Å². The molecule has 0 unspecified atom stereocenters. The summed E-state index contributed by atoms with van der Waals surface area (Å²) in [5.41, 5.74) is -0.176. The molecule has 112 valence electrons. The second kappa shape index (κ2) is 9.48. The van der Waals surface area contributed by atoms with Crippen molar-refractivity contribution in [3.05, 3.63) is 24.9 Å². The Balaban J connectivity index is 2.08. The molecule has 0 aromatic carbocycles. The minimum absolute atomic E-state index is 0.176. The SMILES string of the molecule is C=CC=N/C=C\CCCCNC(=O)C1(C)CCNCC1. The number of allylic oxidation sites excluding steroid dienone is 2. The standard InChI is InChI=1S/C16H27N3O/c1-3-10-17-11-6-4-5-7-12-19-15(20)16(2)8-13-18-14-9-16/h3,6,10-11,18H,1,4-5,7-9,12-14H2,2H3,(H,19,20)/b11-6-,17-10?. The molecular formula is C16H27N3O. The molecule has 4 nitrogen and oxygen atoms in total. The first-order chi connectivity index (χ1) is 9.69. The summed E-state index contributed by atoms with van der Waals surface area (Å²) in [4.78, 5) is 16.2. The number of amides is 1. The van der Waals surface area contributed by atoms with E-state index in [-0.39, 0.29) is 11.3 Å². The fraction of sp³-hybridized carbons (Fsp3) is 0.625. The van der Waals surface area contributed by atoms with Gasteiger partial charge in [0.15, 0.2) is 0 Å². The Morgan fingerprint density at radius 1 is 1.40 bits per heavy atom. The van der Waals surface area contributed by atoms with E-state index >= 15 is 0 Å². The largest absolute Gasteiger partial charge is 0.356 e. The van der Waals surface area contributed by atoms with Crippen LogP contribution >= 0.6 is 0 Å². The number of nitrogens with one attached hydrogen (secondary N) is 2. The fourth-order valence-corrected chi connectivity index (χ4v) is 2.25. The molecule has 4 heteroatoms. The number of rotatable bonds is 8. The molecule has 1 fully saturated rings. The number of nitrogens with zero attached hydrogens (tertiary/aromatic N) is 1. The van der Waals surface area contributed by atoms with Gasteiger partial charge in [-0.25, -0.2) is 0 Å². The molecule has 0 bridgehead atoms. The Kier molecular flexibility index (Phi) is 7.88. The molecule has 2 N–H and O–H groups in total. The minimum Gasteiger partial charge on any atom is -0.356 e. The molecule has 20 heavy (non-hydrogen) atoms. The van der Waals surface area contributed by atoms with Crippen molar-refractivity contribution in [2.45, 2.75) is 39.0 Å². The Morgan fingerprint density at radius 2 is 2.15 bits per heavy atom. The molecule has 0 spiro atoms. The zero-order valence-electron chi connectivity index (χ0n) is 12.5. The summed E-state index contributed by atoms with van der Waals surface area (Å²) in [6, 6.07) is 0. The normalized spacial score (nSPS) is 18.4. The van der Waals surface area contributed by atoms with Gasteiger partial charge in [-0.1, -0.05) is 25.7 Å². The van der Waals surface area contributed by atoms with Crippen LogP contribution in [-0.2, 0) is 4.79 Å². The third-order valence-electron chi connectivity index (χ3n) is 3.72. The maximum atomic E-state index is 12.1. The van der Waals surface area contributed by atoms with E-state index in [0.717, 1.165) is 51.7 Å². The van der Waals surface area contributed by atoms with E-state index in [0.29, 0.717) is 0 Å². The van der Waals surface area contributed by atoms with Crippen molar-refractivity contribution in [2.75, 3.05) is 19.6 Å². The smallest absolute Gasteiger partial charge is 0.226 e. The quantitative estimate of drug-likeness (QED) is 0.529. The molecule has 1 heterocycles. The summed E-state index contributed by atoms with van der Waals surface area (Å²) in [5.74, 6) is 0.213. The van der Waals surface area contributed by atoms with Crippen LogP contribution < -0.4 is 10.6 Å². The maximum Gasteiger partial charge on any atom is 0.226 e. The van der Waals surface area contributed by atoms with Crippen LogP contribution in [0, 0.1) is 5.41 Å². The number of carbonyl (C=O) groups excluding carboxylic acids is 1. The van der Waals surface area contributed by atoms with Crippen LogP contribution in [0.5, 0.6) is 0 Å². The lowest BCUT2D eigenvalue weighted by Crippen LogP contribution is -2.46. The van der Waals surface area contributed by atoms with E-state index in [1.54, 1.807) is 18.5 Å². The van der Waals surface area contributed by atoms with Gasteiger partial charge in [-0.15, -0.1) is 0 Å². The number of piperidine rings is 1. The van der Waals surface area contributed by atoms with E-state index in [9.17, 15) is 4.79 Å². The second-order valence-electron chi connectivity index (χ2n) is 5.48. The summed E-state index contributed by atoms with van der Waals surface area (Å²) >= 11 is 0. The van der Waals surface area contributed by atoms with Crippen molar-refractivity contribution < 1.29 is 4.79 Å². The van der Waals surface area contributed by atoms with Gasteiger partial charge in [0.1, 0.15) is 0 Å². The number of unbranched alkanes of at least 4 members (excludes halogenated alkanes) is 2. The second-order valence-corrected chi connectivity index (χ2v) is 5.48. The molecule has 0 radical (unpaired) electrons. The summed E-state index contributed by atoms with van der Waals surface area (Å²) in [6.07, 6.45) is 12.1. The zero-order chi connectivity index (χ0) is 14.7. The molecule has 1 aliphatic heterocycles. The van der Waals surface area contributed by atoms with Gasteiger partial charge < -0.3 is 10.6 Å². The van der Waals surface area contributed by atoms with Crippen molar-refractivity contribution >= 4 is 12.1 Å². The van der Waals surface area contributed by atoms with Crippen LogP contribution in [-0.4, -0.2) is 31.8 Å². The Morgan fingerprint density at radius 3 is 2.85 bits per heavy atom. The molecule has 0 aromatic heterocycles. The third-order valence-corrected chi connectivity index (χ3v) is 3.72. The molecule has 0 atom stereocenters. The highest BCUT2D eigenvalue weighted by atomic mass is 16.2. The summed E-state index contributed by atoms with van der Waals surface area (Å²) < 4.78 is 0. The Labute approximate surface area is 122 Å². The van der Waals surface area contributed by atoms with E-state index in [1.807, 2.05) is 6.08 Å². The van der Waals surface area contributed by atoms with Gasteiger partial charge in [0.05, 0.1) is 0 Å². The highest BCUT2D eigenvalue weighted by Gasteiger charge is 2.33. The highest BCUT2D eigenvalue weighted by Crippen LogP contribution is 2.27. The summed E-state index contributed by atoms with van der Waals surface area (Å²) in [5, 5.41) is 6.36. The molecule has 1 amide bonds. The van der Waals surface area contributed by atoms with Crippen molar-refractivity contribution in [3.63, 3.8) is 0 Å². The minimum atomic E-state index is -0.176. The molecule has 0 saturated carbocycles. The van der Waals surface area contributed by atoms with Crippen molar-refractivity contribution in [3.8, 4) is 0 Å². The van der Waals surface area contributed by atoms with E-state index in [2.05, 4.69) is 29.1 Å². The van der Waals surface area contributed by atoms with E-state index in [1.165, 1.54) is 0 Å². The van der Waals surface area contributed by atoms with Crippen LogP contribution in [0.3, 0.4) is 0 Å². The number of aliphatic imine (C=N–C) groups is 1. The lowest BCUT2D eigenvalue weighted by molar-refractivity contribution is -0.131. The van der Waals surface area contributed by atoms with Crippen LogP contribution in [0.15, 0.2) is 29.9 Å². The Hall–Kier alpha value is -1.42. The first-order valence-electron chi connectivity index (χ1n) is 7.47. The zero-order valence-corrected chi connectivity index (χ0v) is 12.5. The average molecular weight is 277 g/mol. The van der Waals surface area contributed by atoms with Crippen LogP contribution in [0.1, 0.15) is 39.0 Å². The molecule has 0 aromatic rings. The van der Waals surface area contributed by atoms with Crippen LogP contribution in [0.2, 0.25) is 0 Å². The molecular weight excluding hydrogens is 250 g/mol. The fourth-order valence-electron chi connectivity index (χ4n) is 2.25. The monoisotopic (exact) mass is 277 g/mol. The topological polar surface area (TPSA) is 53.5 Å². The predicted molar refractivity (Wildman–Crippen MR) is 84.9 cm³/mol. The maximum absolute atomic E-state index is 12.1. The first-order valence-corrected chi connectivity index (χ1v) is 7.47. The molecule has 1 rings (SSSR count). The Bertz CT molecular complexity index is 355. The summed E-state index contributed by atoms with van der Waals surface area (Å²) in [6.45, 7) is 8.28. The van der Waals surface area contributed by atoms with Gasteiger partial charge >= 0.3 is 0 Å². The first kappa shape index (κ1) is 16.6. The van der Waals surface area contributed by atoms with Crippen molar-refractivity contribution in [1.82, 2.24) is 10.6 Å².